The first-order chi connectivity index (χ1) is 9.99. The van der Waals surface area contributed by atoms with Crippen LogP contribution in [-0.4, -0.2) is 26.5 Å². The Morgan fingerprint density at radius 2 is 2.05 bits per heavy atom. The van der Waals surface area contributed by atoms with Crippen molar-refractivity contribution in [1.82, 2.24) is 14.8 Å². The van der Waals surface area contributed by atoms with Gasteiger partial charge in [-0.1, -0.05) is 18.2 Å². The van der Waals surface area contributed by atoms with Gasteiger partial charge in [0.15, 0.2) is 5.82 Å². The fourth-order valence-electron chi connectivity index (χ4n) is 2.56. The average molecular weight is 297 g/mol. The highest BCUT2D eigenvalue weighted by atomic mass is 19.4. The maximum absolute atomic E-state index is 13.0. The van der Waals surface area contributed by atoms with Crippen LogP contribution in [0.3, 0.4) is 0 Å². The number of halogens is 3. The number of alkyl halides is 3. The molecule has 1 aromatic carbocycles. The van der Waals surface area contributed by atoms with Crippen molar-refractivity contribution in [3.63, 3.8) is 0 Å². The number of fused-ring (bicyclic) bond motifs is 1. The SMILES string of the molecule is OCC1CCn2nc(-c3ccccc3C(F)(F)F)nc2C1. The maximum Gasteiger partial charge on any atom is 0.417 e. The standard InChI is InChI=1S/C14H14F3N3O/c15-14(16,17)11-4-2-1-3-10(11)13-18-12-7-9(8-21)5-6-20(12)19-13/h1-4,9,21H,5-8H2. The van der Waals surface area contributed by atoms with Crippen LogP contribution in [0.1, 0.15) is 17.8 Å². The third-order valence-corrected chi connectivity index (χ3v) is 3.70. The summed E-state index contributed by atoms with van der Waals surface area (Å²) in [5, 5.41) is 13.4. The second-order valence-corrected chi connectivity index (χ2v) is 5.16. The number of rotatable bonds is 2. The van der Waals surface area contributed by atoms with Crippen LogP contribution in [0.5, 0.6) is 0 Å². The normalized spacial score (nSPS) is 18.6. The predicted molar refractivity (Wildman–Crippen MR) is 69.4 cm³/mol. The van der Waals surface area contributed by atoms with Crippen LogP contribution in [0.25, 0.3) is 11.4 Å². The Labute approximate surface area is 119 Å². The molecule has 1 aromatic heterocycles. The van der Waals surface area contributed by atoms with Crippen molar-refractivity contribution in [3.8, 4) is 11.4 Å². The molecule has 0 radical (unpaired) electrons. The topological polar surface area (TPSA) is 50.9 Å². The minimum atomic E-state index is -4.43. The van der Waals surface area contributed by atoms with E-state index >= 15 is 0 Å². The van der Waals surface area contributed by atoms with Crippen molar-refractivity contribution in [1.29, 1.82) is 0 Å². The van der Waals surface area contributed by atoms with Crippen molar-refractivity contribution in [2.24, 2.45) is 5.92 Å². The van der Waals surface area contributed by atoms with E-state index in [1.54, 1.807) is 10.7 Å². The second-order valence-electron chi connectivity index (χ2n) is 5.16. The van der Waals surface area contributed by atoms with Gasteiger partial charge in [-0.05, 0) is 18.4 Å². The molecule has 1 N–H and O–H groups in total. The first-order valence-electron chi connectivity index (χ1n) is 6.70. The number of aliphatic hydroxyl groups excluding tert-OH is 1. The molecule has 1 atom stereocenters. The number of hydrogen-bond acceptors (Lipinski definition) is 3. The summed E-state index contributed by atoms with van der Waals surface area (Å²) < 4.78 is 40.7. The Balaban J connectivity index is 2.02. The number of hydrogen-bond donors (Lipinski definition) is 1. The highest BCUT2D eigenvalue weighted by Crippen LogP contribution is 2.36. The quantitative estimate of drug-likeness (QED) is 0.926. The molecule has 3 rings (SSSR count). The Hall–Kier alpha value is -1.89. The van der Waals surface area contributed by atoms with E-state index in [1.807, 2.05) is 0 Å². The lowest BCUT2D eigenvalue weighted by Crippen LogP contribution is -2.22. The largest absolute Gasteiger partial charge is 0.417 e. The number of aliphatic hydroxyl groups is 1. The zero-order valence-electron chi connectivity index (χ0n) is 11.1. The maximum atomic E-state index is 13.0. The lowest BCUT2D eigenvalue weighted by molar-refractivity contribution is -0.137. The predicted octanol–water partition coefficient (Wildman–Crippen LogP) is 2.52. The van der Waals surface area contributed by atoms with Crippen LogP contribution in [0, 0.1) is 5.92 Å². The van der Waals surface area contributed by atoms with E-state index in [2.05, 4.69) is 10.1 Å². The molecule has 21 heavy (non-hydrogen) atoms. The number of nitrogens with zero attached hydrogens (tertiary/aromatic N) is 3. The van der Waals surface area contributed by atoms with Crippen LogP contribution in [-0.2, 0) is 19.1 Å². The molecular formula is C14H14F3N3O. The molecule has 1 unspecified atom stereocenters. The molecule has 4 nitrogen and oxygen atoms in total. The van der Waals surface area contributed by atoms with E-state index in [9.17, 15) is 18.3 Å². The van der Waals surface area contributed by atoms with Gasteiger partial charge in [-0.25, -0.2) is 9.67 Å². The van der Waals surface area contributed by atoms with Gasteiger partial charge in [0.1, 0.15) is 5.82 Å². The summed E-state index contributed by atoms with van der Waals surface area (Å²) in [7, 11) is 0. The second kappa shape index (κ2) is 5.14. The highest BCUT2D eigenvalue weighted by Gasteiger charge is 2.34. The van der Waals surface area contributed by atoms with Gasteiger partial charge in [0.05, 0.1) is 5.56 Å². The summed E-state index contributed by atoms with van der Waals surface area (Å²) in [6.07, 6.45) is -3.14. The summed E-state index contributed by atoms with van der Waals surface area (Å²) in [6.45, 7) is 0.628. The summed E-state index contributed by atoms with van der Waals surface area (Å²) in [6, 6.07) is 5.31. The minimum absolute atomic E-state index is 0.00699. The lowest BCUT2D eigenvalue weighted by atomic mass is 9.99. The molecule has 0 aliphatic carbocycles. The van der Waals surface area contributed by atoms with Crippen LogP contribution >= 0.6 is 0 Å². The molecule has 112 valence electrons. The molecule has 2 heterocycles. The molecule has 0 saturated heterocycles. The van der Waals surface area contributed by atoms with Gasteiger partial charge < -0.3 is 5.11 Å². The van der Waals surface area contributed by atoms with E-state index in [0.717, 1.165) is 12.5 Å². The van der Waals surface area contributed by atoms with Crippen LogP contribution in [0.15, 0.2) is 24.3 Å². The van der Waals surface area contributed by atoms with Crippen molar-refractivity contribution < 1.29 is 18.3 Å². The summed E-state index contributed by atoms with van der Waals surface area (Å²) >= 11 is 0. The molecule has 0 bridgehead atoms. The van der Waals surface area contributed by atoms with Gasteiger partial charge in [0.25, 0.3) is 0 Å². The molecule has 1 aliphatic heterocycles. The van der Waals surface area contributed by atoms with E-state index in [-0.39, 0.29) is 23.9 Å². The zero-order valence-corrected chi connectivity index (χ0v) is 11.1. The first-order valence-corrected chi connectivity index (χ1v) is 6.70. The van der Waals surface area contributed by atoms with Gasteiger partial charge in [-0.3, -0.25) is 0 Å². The molecule has 0 fully saturated rings. The Morgan fingerprint density at radius 3 is 2.76 bits per heavy atom. The fourth-order valence-corrected chi connectivity index (χ4v) is 2.56. The first kappa shape index (κ1) is 14.1. The van der Waals surface area contributed by atoms with Crippen molar-refractivity contribution >= 4 is 0 Å². The molecule has 0 amide bonds. The minimum Gasteiger partial charge on any atom is -0.396 e. The van der Waals surface area contributed by atoms with Crippen molar-refractivity contribution in [3.05, 3.63) is 35.7 Å². The zero-order chi connectivity index (χ0) is 15.0. The number of aromatic nitrogens is 3. The van der Waals surface area contributed by atoms with Gasteiger partial charge in [-0.15, -0.1) is 0 Å². The molecule has 0 spiro atoms. The summed E-state index contributed by atoms with van der Waals surface area (Å²) in [5.41, 5.74) is -0.737. The fraction of sp³-hybridized carbons (Fsp3) is 0.429. The Bertz CT molecular complexity index is 651. The molecular weight excluding hydrogens is 283 g/mol. The summed E-state index contributed by atoms with van der Waals surface area (Å²) in [4.78, 5) is 4.23. The third-order valence-electron chi connectivity index (χ3n) is 3.70. The molecule has 1 aliphatic rings. The molecule has 2 aromatic rings. The van der Waals surface area contributed by atoms with Crippen LogP contribution < -0.4 is 0 Å². The molecule has 7 heteroatoms. The molecule has 0 saturated carbocycles. The average Bonchev–Trinajstić information content (AvgIpc) is 2.89. The van der Waals surface area contributed by atoms with Crippen LogP contribution in [0.2, 0.25) is 0 Å². The van der Waals surface area contributed by atoms with Crippen molar-refractivity contribution in [2.45, 2.75) is 25.6 Å². The van der Waals surface area contributed by atoms with E-state index in [0.29, 0.717) is 18.8 Å². The number of aryl methyl sites for hydroxylation is 1. The Morgan fingerprint density at radius 1 is 1.29 bits per heavy atom. The lowest BCUT2D eigenvalue weighted by Gasteiger charge is -2.19. The Kier molecular flexibility index (Phi) is 3.44. The smallest absolute Gasteiger partial charge is 0.396 e. The van der Waals surface area contributed by atoms with E-state index in [1.165, 1.54) is 12.1 Å². The van der Waals surface area contributed by atoms with Crippen molar-refractivity contribution in [2.75, 3.05) is 6.61 Å². The van der Waals surface area contributed by atoms with E-state index in [4.69, 9.17) is 0 Å². The number of benzene rings is 1. The highest BCUT2D eigenvalue weighted by molar-refractivity contribution is 5.60. The van der Waals surface area contributed by atoms with Gasteiger partial charge in [0, 0.05) is 25.1 Å². The van der Waals surface area contributed by atoms with Gasteiger partial charge in [0.2, 0.25) is 0 Å². The van der Waals surface area contributed by atoms with Gasteiger partial charge >= 0.3 is 6.18 Å². The van der Waals surface area contributed by atoms with E-state index < -0.39 is 11.7 Å². The third kappa shape index (κ3) is 2.65. The monoisotopic (exact) mass is 297 g/mol. The van der Waals surface area contributed by atoms with Gasteiger partial charge in [-0.2, -0.15) is 18.3 Å². The van der Waals surface area contributed by atoms with Crippen LogP contribution in [0.4, 0.5) is 13.2 Å². The summed E-state index contributed by atoms with van der Waals surface area (Å²) in [5.74, 6) is 0.830.